The van der Waals surface area contributed by atoms with Gasteiger partial charge in [0, 0.05) is 6.42 Å². The van der Waals surface area contributed by atoms with Gasteiger partial charge in [-0.25, -0.2) is 0 Å². The van der Waals surface area contributed by atoms with Gasteiger partial charge in [-0.15, -0.1) is 0 Å². The van der Waals surface area contributed by atoms with E-state index >= 15 is 0 Å². The summed E-state index contributed by atoms with van der Waals surface area (Å²) in [5.41, 5.74) is 0. The van der Waals surface area contributed by atoms with Crippen LogP contribution in [0.1, 0.15) is 438 Å². The van der Waals surface area contributed by atoms with E-state index in [9.17, 15) is 15.0 Å². The maximum atomic E-state index is 12.6. The standard InChI is InChI=1S/C80H153NO3/c1-3-5-7-9-11-13-15-17-19-21-23-25-27-29-31-33-35-36-37-38-39-40-41-42-43-44-46-48-50-52-54-56-58-60-62-64-66-68-70-72-74-76-80(84)81-78(77-82)79(83)75-73-71-69-67-65-63-61-59-57-55-53-51-49-47-45-34-32-30-28-26-24-22-20-18-16-14-12-10-8-6-4-2/h5,7,11,13,17,19,23,25,78-79,82-83H,3-4,6,8-10,12,14-16,18,20-22,24,26-77H2,1-2H3,(H,81,84)/b7-5-,13-11-,19-17-,25-23-. The maximum Gasteiger partial charge on any atom is 0.220 e. The molecule has 0 fully saturated rings. The quantitative estimate of drug-likeness (QED) is 0.0420. The lowest BCUT2D eigenvalue weighted by molar-refractivity contribution is -0.123. The molecule has 4 heteroatoms. The summed E-state index contributed by atoms with van der Waals surface area (Å²) in [4.78, 5) is 12.6. The highest BCUT2D eigenvalue weighted by Gasteiger charge is 2.20. The number of hydrogen-bond acceptors (Lipinski definition) is 3. The highest BCUT2D eigenvalue weighted by molar-refractivity contribution is 5.76. The summed E-state index contributed by atoms with van der Waals surface area (Å²) in [6.45, 7) is 4.30. The summed E-state index contributed by atoms with van der Waals surface area (Å²) in [5, 5.41) is 23.5. The molecule has 1 amide bonds. The Bertz CT molecular complexity index is 1340. The summed E-state index contributed by atoms with van der Waals surface area (Å²) in [6, 6.07) is -0.536. The van der Waals surface area contributed by atoms with Gasteiger partial charge in [-0.2, -0.15) is 0 Å². The Kier molecular flexibility index (Phi) is 74.1. The van der Waals surface area contributed by atoms with Crippen LogP contribution in [0.2, 0.25) is 0 Å². The van der Waals surface area contributed by atoms with Crippen molar-refractivity contribution >= 4 is 5.91 Å². The number of carbonyl (C=O) groups excluding carboxylic acids is 1. The first-order valence-electron chi connectivity index (χ1n) is 38.8. The molecule has 2 unspecified atom stereocenters. The molecule has 4 nitrogen and oxygen atoms in total. The lowest BCUT2D eigenvalue weighted by atomic mass is 10.0. The fourth-order valence-corrected chi connectivity index (χ4v) is 12.5. The molecule has 0 aromatic carbocycles. The summed E-state index contributed by atoms with van der Waals surface area (Å²) in [5.74, 6) is -0.0208. The van der Waals surface area contributed by atoms with Crippen LogP contribution in [0.25, 0.3) is 0 Å². The molecule has 0 aliphatic carbocycles. The van der Waals surface area contributed by atoms with Crippen LogP contribution in [-0.4, -0.2) is 34.9 Å². The molecule has 0 spiro atoms. The van der Waals surface area contributed by atoms with Crippen molar-refractivity contribution in [3.63, 3.8) is 0 Å². The molecule has 0 aromatic heterocycles. The Morgan fingerprint density at radius 2 is 0.524 bits per heavy atom. The number of aliphatic hydroxyl groups excluding tert-OH is 2. The van der Waals surface area contributed by atoms with Gasteiger partial charge < -0.3 is 15.5 Å². The van der Waals surface area contributed by atoms with Crippen molar-refractivity contribution in [1.29, 1.82) is 0 Å². The lowest BCUT2D eigenvalue weighted by Crippen LogP contribution is -2.45. The largest absolute Gasteiger partial charge is 0.394 e. The summed E-state index contributed by atoms with van der Waals surface area (Å²) >= 11 is 0. The molecule has 0 saturated heterocycles. The number of amides is 1. The molecule has 0 aromatic rings. The van der Waals surface area contributed by atoms with Gasteiger partial charge in [0.25, 0.3) is 0 Å². The highest BCUT2D eigenvalue weighted by Crippen LogP contribution is 2.20. The fourth-order valence-electron chi connectivity index (χ4n) is 12.5. The molecule has 0 aliphatic rings. The Hall–Kier alpha value is -1.65. The van der Waals surface area contributed by atoms with E-state index in [1.54, 1.807) is 0 Å². The van der Waals surface area contributed by atoms with Crippen LogP contribution in [0.4, 0.5) is 0 Å². The first-order valence-corrected chi connectivity index (χ1v) is 38.8. The van der Waals surface area contributed by atoms with Gasteiger partial charge in [0.15, 0.2) is 0 Å². The molecule has 0 aliphatic heterocycles. The second-order valence-corrected chi connectivity index (χ2v) is 26.8. The number of hydrogen-bond donors (Lipinski definition) is 3. The molecular weight excluding hydrogens is 1020 g/mol. The molecule has 0 saturated carbocycles. The van der Waals surface area contributed by atoms with E-state index in [2.05, 4.69) is 67.8 Å². The zero-order valence-electron chi connectivity index (χ0n) is 57.5. The van der Waals surface area contributed by atoms with Crippen molar-refractivity contribution in [2.45, 2.75) is 450 Å². The second kappa shape index (κ2) is 75.6. The fraction of sp³-hybridized carbons (Fsp3) is 0.887. The zero-order chi connectivity index (χ0) is 60.5. The van der Waals surface area contributed by atoms with Crippen molar-refractivity contribution in [3.8, 4) is 0 Å². The van der Waals surface area contributed by atoms with Gasteiger partial charge in [0.1, 0.15) is 0 Å². The Morgan fingerprint density at radius 3 is 0.786 bits per heavy atom. The van der Waals surface area contributed by atoms with Crippen molar-refractivity contribution in [2.75, 3.05) is 6.61 Å². The second-order valence-electron chi connectivity index (χ2n) is 26.8. The van der Waals surface area contributed by atoms with E-state index in [-0.39, 0.29) is 12.5 Å². The average molecular weight is 1180 g/mol. The van der Waals surface area contributed by atoms with Crippen LogP contribution < -0.4 is 5.32 Å². The Morgan fingerprint density at radius 1 is 0.298 bits per heavy atom. The van der Waals surface area contributed by atoms with E-state index in [1.165, 1.54) is 360 Å². The minimum Gasteiger partial charge on any atom is -0.394 e. The molecule has 496 valence electrons. The number of carbonyl (C=O) groups is 1. The number of rotatable bonds is 73. The topological polar surface area (TPSA) is 69.6 Å². The number of nitrogens with one attached hydrogen (secondary N) is 1. The third kappa shape index (κ3) is 71.1. The van der Waals surface area contributed by atoms with Gasteiger partial charge in [0.05, 0.1) is 18.8 Å². The molecule has 0 heterocycles. The van der Waals surface area contributed by atoms with Gasteiger partial charge in [0.2, 0.25) is 5.91 Å². The van der Waals surface area contributed by atoms with E-state index in [0.717, 1.165) is 51.4 Å². The number of unbranched alkanes of at least 4 members (excludes halogenated alkanes) is 58. The molecule has 0 rings (SSSR count). The van der Waals surface area contributed by atoms with E-state index in [1.807, 2.05) is 0 Å². The van der Waals surface area contributed by atoms with Crippen molar-refractivity contribution in [3.05, 3.63) is 48.6 Å². The summed E-state index contributed by atoms with van der Waals surface area (Å²) in [6.07, 6.45) is 106. The van der Waals surface area contributed by atoms with Crippen LogP contribution in [0.5, 0.6) is 0 Å². The van der Waals surface area contributed by atoms with E-state index in [0.29, 0.717) is 12.8 Å². The minimum absolute atomic E-state index is 0.0208. The van der Waals surface area contributed by atoms with Gasteiger partial charge >= 0.3 is 0 Å². The molecular formula is C80H153NO3. The molecule has 0 radical (unpaired) electrons. The van der Waals surface area contributed by atoms with E-state index < -0.39 is 12.1 Å². The minimum atomic E-state index is -0.660. The zero-order valence-corrected chi connectivity index (χ0v) is 57.5. The van der Waals surface area contributed by atoms with Crippen LogP contribution >= 0.6 is 0 Å². The summed E-state index contributed by atoms with van der Waals surface area (Å²) in [7, 11) is 0. The number of allylic oxidation sites excluding steroid dienone is 8. The van der Waals surface area contributed by atoms with Gasteiger partial charge in [-0.1, -0.05) is 428 Å². The maximum absolute atomic E-state index is 12.6. The number of aliphatic hydroxyl groups is 2. The predicted molar refractivity (Wildman–Crippen MR) is 378 cm³/mol. The van der Waals surface area contributed by atoms with E-state index in [4.69, 9.17) is 0 Å². The third-order valence-corrected chi connectivity index (χ3v) is 18.4. The van der Waals surface area contributed by atoms with Crippen LogP contribution in [0.3, 0.4) is 0 Å². The van der Waals surface area contributed by atoms with Crippen LogP contribution in [-0.2, 0) is 4.79 Å². The highest BCUT2D eigenvalue weighted by atomic mass is 16.3. The lowest BCUT2D eigenvalue weighted by Gasteiger charge is -2.22. The van der Waals surface area contributed by atoms with Crippen molar-refractivity contribution < 1.29 is 15.0 Å². The normalized spacial score (nSPS) is 12.9. The van der Waals surface area contributed by atoms with Crippen molar-refractivity contribution in [2.24, 2.45) is 0 Å². The van der Waals surface area contributed by atoms with Crippen LogP contribution in [0.15, 0.2) is 48.6 Å². The Labute approximate surface area is 528 Å². The van der Waals surface area contributed by atoms with Gasteiger partial charge in [-0.3, -0.25) is 4.79 Å². The molecule has 84 heavy (non-hydrogen) atoms. The predicted octanol–water partition coefficient (Wildman–Crippen LogP) is 26.8. The SMILES string of the molecule is CC/C=C\C/C=C\C/C=C\C/C=C\CCCCCCCCCCCCCCCCCCCCCCCCCCCCCCC(=O)NC(CO)C(O)CCCCCCCCCCCCCCCCCCCCCCCCCCCCCCCCC. The molecule has 2 atom stereocenters. The average Bonchev–Trinajstić information content (AvgIpc) is 3.51. The van der Waals surface area contributed by atoms with Crippen LogP contribution in [0, 0.1) is 0 Å². The molecule has 3 N–H and O–H groups in total. The summed E-state index contributed by atoms with van der Waals surface area (Å²) < 4.78 is 0. The van der Waals surface area contributed by atoms with Crippen molar-refractivity contribution in [1.82, 2.24) is 5.32 Å². The third-order valence-electron chi connectivity index (χ3n) is 18.4. The first kappa shape index (κ1) is 82.3. The van der Waals surface area contributed by atoms with Gasteiger partial charge in [-0.05, 0) is 51.4 Å². The monoisotopic (exact) mass is 1180 g/mol. The Balaban J connectivity index is 3.35. The molecule has 0 bridgehead atoms. The smallest absolute Gasteiger partial charge is 0.220 e. The first-order chi connectivity index (χ1) is 41.7.